The molecule has 3 heteroatoms. The summed E-state index contributed by atoms with van der Waals surface area (Å²) in [7, 11) is 0. The largest absolute Gasteiger partial charge is 0.436 e. The summed E-state index contributed by atoms with van der Waals surface area (Å²) in [4.78, 5) is 9.93. The molecule has 4 aliphatic carbocycles. The zero-order chi connectivity index (χ0) is 32.4. The van der Waals surface area contributed by atoms with Crippen LogP contribution in [0.25, 0.3) is 67.3 Å². The number of benzene rings is 5. The molecule has 238 valence electrons. The van der Waals surface area contributed by atoms with Gasteiger partial charge in [-0.15, -0.1) is 0 Å². The Labute approximate surface area is 287 Å². The fourth-order valence-corrected chi connectivity index (χ4v) is 9.72. The molecule has 49 heavy (non-hydrogen) atoms. The predicted octanol–water partition coefficient (Wildman–Crippen LogP) is 12.0. The maximum absolute atomic E-state index is 6.17. The zero-order valence-corrected chi connectivity index (χ0v) is 27.6. The third kappa shape index (κ3) is 5.20. The molecule has 4 saturated carbocycles. The van der Waals surface area contributed by atoms with Gasteiger partial charge >= 0.3 is 0 Å². The van der Waals surface area contributed by atoms with Crippen LogP contribution in [0.15, 0.2) is 144 Å². The first kappa shape index (κ1) is 28.7. The Kier molecular flexibility index (Phi) is 6.69. The van der Waals surface area contributed by atoms with Crippen LogP contribution in [0.4, 0.5) is 0 Å². The highest BCUT2D eigenvalue weighted by Crippen LogP contribution is 2.60. The Bertz CT molecular complexity index is 2250. The Morgan fingerprint density at radius 1 is 0.449 bits per heavy atom. The molecule has 0 aliphatic heterocycles. The first-order valence-corrected chi connectivity index (χ1v) is 17.9. The molecule has 0 radical (unpaired) electrons. The minimum Gasteiger partial charge on any atom is -0.436 e. The number of aromatic nitrogens is 2. The molecule has 5 aromatic carbocycles. The minimum absolute atomic E-state index is 0.404. The van der Waals surface area contributed by atoms with E-state index in [1.165, 1.54) is 55.2 Å². The van der Waals surface area contributed by atoms with Gasteiger partial charge < -0.3 is 4.42 Å². The molecule has 2 heterocycles. The van der Waals surface area contributed by atoms with Crippen molar-refractivity contribution in [3.8, 4) is 56.2 Å². The van der Waals surface area contributed by atoms with Crippen molar-refractivity contribution in [1.82, 2.24) is 9.97 Å². The van der Waals surface area contributed by atoms with Crippen LogP contribution in [0, 0.1) is 17.8 Å². The lowest BCUT2D eigenvalue weighted by Gasteiger charge is -2.57. The smallest absolute Gasteiger partial charge is 0.227 e. The molecular weight excluding hydrogens is 597 g/mol. The summed E-state index contributed by atoms with van der Waals surface area (Å²) in [6.45, 7) is 0. The number of pyridine rings is 1. The summed E-state index contributed by atoms with van der Waals surface area (Å²) in [5.74, 6) is 3.48. The second kappa shape index (κ2) is 11.4. The molecule has 4 aliphatic rings. The van der Waals surface area contributed by atoms with Gasteiger partial charge in [0.05, 0.1) is 11.4 Å². The SMILES string of the molecule is c1ccc(-c2cc(-c3ccc(-c4ccc5nc(-c6ccccc6)oc5c4)cc3)cc(-c3ccc(C45CC6CC(CC(C6)C4)C5)cc3)n2)cc1. The van der Waals surface area contributed by atoms with E-state index in [0.717, 1.165) is 62.5 Å². The number of hydrogen-bond acceptors (Lipinski definition) is 3. The van der Waals surface area contributed by atoms with Gasteiger partial charge in [0, 0.05) is 16.7 Å². The Hall–Kier alpha value is -5.28. The average molecular weight is 635 g/mol. The summed E-state index contributed by atoms with van der Waals surface area (Å²) in [6, 6.07) is 49.7. The van der Waals surface area contributed by atoms with Crippen LogP contribution in [0.2, 0.25) is 0 Å². The highest BCUT2D eigenvalue weighted by atomic mass is 16.3. The quantitative estimate of drug-likeness (QED) is 0.183. The highest BCUT2D eigenvalue weighted by molar-refractivity contribution is 5.83. The lowest BCUT2D eigenvalue weighted by molar-refractivity contribution is -0.00518. The van der Waals surface area contributed by atoms with E-state index in [-0.39, 0.29) is 0 Å². The molecule has 0 atom stereocenters. The van der Waals surface area contributed by atoms with Crippen molar-refractivity contribution < 1.29 is 4.42 Å². The molecule has 11 rings (SSSR count). The normalized spacial score (nSPS) is 22.5. The van der Waals surface area contributed by atoms with Gasteiger partial charge in [0.15, 0.2) is 5.58 Å². The molecule has 0 spiro atoms. The van der Waals surface area contributed by atoms with Crippen molar-refractivity contribution >= 4 is 11.1 Å². The number of oxazole rings is 1. The number of rotatable bonds is 6. The Morgan fingerprint density at radius 2 is 0.959 bits per heavy atom. The summed E-state index contributed by atoms with van der Waals surface area (Å²) >= 11 is 0. The van der Waals surface area contributed by atoms with E-state index in [1.54, 1.807) is 5.56 Å². The maximum atomic E-state index is 6.17. The van der Waals surface area contributed by atoms with Gasteiger partial charge in [-0.1, -0.05) is 103 Å². The van der Waals surface area contributed by atoms with Crippen LogP contribution < -0.4 is 0 Å². The van der Waals surface area contributed by atoms with E-state index in [2.05, 4.69) is 103 Å². The summed E-state index contributed by atoms with van der Waals surface area (Å²) in [5, 5.41) is 0. The van der Waals surface area contributed by atoms with Crippen LogP contribution in [-0.4, -0.2) is 9.97 Å². The molecule has 0 saturated heterocycles. The van der Waals surface area contributed by atoms with E-state index in [1.807, 2.05) is 36.4 Å². The third-order valence-corrected chi connectivity index (χ3v) is 11.7. The van der Waals surface area contributed by atoms with Crippen molar-refractivity contribution in [2.24, 2.45) is 17.8 Å². The third-order valence-electron chi connectivity index (χ3n) is 11.7. The first-order valence-electron chi connectivity index (χ1n) is 17.9. The van der Waals surface area contributed by atoms with Crippen LogP contribution in [0.1, 0.15) is 44.1 Å². The monoisotopic (exact) mass is 634 g/mol. The van der Waals surface area contributed by atoms with Gasteiger partial charge in [-0.05, 0) is 126 Å². The highest BCUT2D eigenvalue weighted by Gasteiger charge is 2.51. The van der Waals surface area contributed by atoms with E-state index in [0.29, 0.717) is 11.3 Å². The minimum atomic E-state index is 0.404. The van der Waals surface area contributed by atoms with Crippen LogP contribution in [0.5, 0.6) is 0 Å². The fraction of sp³-hybridized carbons (Fsp3) is 0.217. The van der Waals surface area contributed by atoms with Gasteiger partial charge in [0.1, 0.15) is 5.52 Å². The van der Waals surface area contributed by atoms with Crippen LogP contribution >= 0.6 is 0 Å². The fourth-order valence-electron chi connectivity index (χ4n) is 9.72. The van der Waals surface area contributed by atoms with Gasteiger partial charge in [-0.2, -0.15) is 0 Å². The molecule has 0 unspecified atom stereocenters. The molecule has 4 bridgehead atoms. The zero-order valence-electron chi connectivity index (χ0n) is 27.6. The van der Waals surface area contributed by atoms with Crippen molar-refractivity contribution in [1.29, 1.82) is 0 Å². The topological polar surface area (TPSA) is 38.9 Å². The number of nitrogens with zero attached hydrogens (tertiary/aromatic N) is 2. The molecule has 2 aromatic heterocycles. The molecule has 7 aromatic rings. The van der Waals surface area contributed by atoms with Crippen molar-refractivity contribution in [2.75, 3.05) is 0 Å². The van der Waals surface area contributed by atoms with E-state index in [9.17, 15) is 0 Å². The van der Waals surface area contributed by atoms with Crippen LogP contribution in [0.3, 0.4) is 0 Å². The molecule has 3 nitrogen and oxygen atoms in total. The molecular formula is C46H38N2O. The predicted molar refractivity (Wildman–Crippen MR) is 199 cm³/mol. The average Bonchev–Trinajstić information content (AvgIpc) is 3.59. The van der Waals surface area contributed by atoms with Crippen molar-refractivity contribution in [3.63, 3.8) is 0 Å². The van der Waals surface area contributed by atoms with Gasteiger partial charge in [-0.25, -0.2) is 9.97 Å². The van der Waals surface area contributed by atoms with Gasteiger partial charge in [0.25, 0.3) is 0 Å². The number of hydrogen-bond donors (Lipinski definition) is 0. The van der Waals surface area contributed by atoms with Gasteiger partial charge in [-0.3, -0.25) is 0 Å². The van der Waals surface area contributed by atoms with E-state index >= 15 is 0 Å². The summed E-state index contributed by atoms with van der Waals surface area (Å²) < 4.78 is 6.17. The lowest BCUT2D eigenvalue weighted by Crippen LogP contribution is -2.48. The maximum Gasteiger partial charge on any atom is 0.227 e. The number of fused-ring (bicyclic) bond motifs is 1. The van der Waals surface area contributed by atoms with Crippen molar-refractivity contribution in [2.45, 2.75) is 43.9 Å². The second-order valence-corrected chi connectivity index (χ2v) is 14.9. The summed E-state index contributed by atoms with van der Waals surface area (Å²) in [5.41, 5.74) is 13.5. The standard InChI is InChI=1S/C46H38N2O/c1-3-7-35(8-4-1)42-24-39(25-43(47-42)36-15-18-40(19-16-36)46-27-30-21-31(28-46)23-32(22-30)29-46)34-13-11-33(12-14-34)38-17-20-41-44(26-38)49-45(48-41)37-9-5-2-6-10-37/h1-20,24-26,30-32H,21-23,27-29H2. The van der Waals surface area contributed by atoms with Crippen molar-refractivity contribution in [3.05, 3.63) is 145 Å². The molecule has 0 amide bonds. The second-order valence-electron chi connectivity index (χ2n) is 14.9. The summed E-state index contributed by atoms with van der Waals surface area (Å²) in [6.07, 6.45) is 8.60. The van der Waals surface area contributed by atoms with Gasteiger partial charge in [0.2, 0.25) is 5.89 Å². The first-order chi connectivity index (χ1) is 24.1. The van der Waals surface area contributed by atoms with Crippen LogP contribution in [-0.2, 0) is 5.41 Å². The molecule has 0 N–H and O–H groups in total. The lowest BCUT2D eigenvalue weighted by atomic mass is 9.48. The Balaban J connectivity index is 0.976. The molecule has 4 fully saturated rings. The Morgan fingerprint density at radius 3 is 1.57 bits per heavy atom. The van der Waals surface area contributed by atoms with E-state index < -0.39 is 0 Å². The van der Waals surface area contributed by atoms with E-state index in [4.69, 9.17) is 14.4 Å².